The molecule has 150 valence electrons. The molecule has 1 unspecified atom stereocenters. The van der Waals surface area contributed by atoms with Crippen LogP contribution in [0.2, 0.25) is 0 Å². The van der Waals surface area contributed by atoms with Gasteiger partial charge in [-0.3, -0.25) is 19.2 Å². The lowest BCUT2D eigenvalue weighted by atomic mass is 9.94. The number of Topliss-reactive ketones (excluding diaryl/α,β-unsaturated/α-hetero) is 1. The summed E-state index contributed by atoms with van der Waals surface area (Å²) in [6, 6.07) is 15.9. The van der Waals surface area contributed by atoms with Gasteiger partial charge in [0.15, 0.2) is 11.7 Å². The highest BCUT2D eigenvalue weighted by molar-refractivity contribution is 6.19. The van der Waals surface area contributed by atoms with Crippen LogP contribution in [0.4, 0.5) is 0 Å². The summed E-state index contributed by atoms with van der Waals surface area (Å²) in [4.78, 5) is 48.9. The number of nitrogens with one attached hydrogen (secondary N) is 1. The normalized spacial score (nSPS) is 16.6. The number of nitrogens with zero attached hydrogens (tertiary/aromatic N) is 1. The van der Waals surface area contributed by atoms with E-state index < -0.39 is 36.0 Å². The van der Waals surface area contributed by atoms with Gasteiger partial charge in [0.25, 0.3) is 0 Å². The van der Waals surface area contributed by atoms with Gasteiger partial charge in [-0.25, -0.2) is 0 Å². The molecule has 7 heteroatoms. The van der Waals surface area contributed by atoms with Crippen LogP contribution in [0.25, 0.3) is 11.1 Å². The molecule has 2 aromatic carbocycles. The highest BCUT2D eigenvalue weighted by Crippen LogP contribution is 2.22. The van der Waals surface area contributed by atoms with Gasteiger partial charge in [-0.2, -0.15) is 0 Å². The van der Waals surface area contributed by atoms with E-state index in [0.717, 1.165) is 16.7 Å². The summed E-state index contributed by atoms with van der Waals surface area (Å²) in [6.45, 7) is 1.92. The van der Waals surface area contributed by atoms with Gasteiger partial charge < -0.3 is 15.3 Å². The Morgan fingerprint density at radius 1 is 1.03 bits per heavy atom. The molecule has 0 bridgehead atoms. The van der Waals surface area contributed by atoms with Crippen LogP contribution in [0.5, 0.6) is 0 Å². The monoisotopic (exact) mass is 394 g/mol. The molecule has 29 heavy (non-hydrogen) atoms. The van der Waals surface area contributed by atoms with E-state index in [1.54, 1.807) is 0 Å². The number of benzene rings is 2. The molecule has 1 aliphatic heterocycles. The van der Waals surface area contributed by atoms with Crippen LogP contribution in [0.3, 0.4) is 0 Å². The maximum atomic E-state index is 12.6. The lowest BCUT2D eigenvalue weighted by Gasteiger charge is -2.30. The number of carbonyl (C=O) groups is 4. The predicted molar refractivity (Wildman–Crippen MR) is 106 cm³/mol. The molecule has 0 spiro atoms. The third-order valence-corrected chi connectivity index (χ3v) is 4.90. The molecule has 0 aromatic heterocycles. The van der Waals surface area contributed by atoms with Crippen molar-refractivity contribution in [1.29, 1.82) is 0 Å². The van der Waals surface area contributed by atoms with Crippen LogP contribution in [-0.4, -0.2) is 46.7 Å². The molecule has 2 amide bonds. The molecule has 2 N–H and O–H groups in total. The fourth-order valence-electron chi connectivity index (χ4n) is 3.27. The molecule has 0 saturated carbocycles. The maximum absolute atomic E-state index is 12.6. The lowest BCUT2D eigenvalue weighted by molar-refractivity contribution is -0.152. The zero-order chi connectivity index (χ0) is 21.0. The number of hydrogen-bond acceptors (Lipinski definition) is 4. The number of amides is 2. The summed E-state index contributed by atoms with van der Waals surface area (Å²) in [7, 11) is 0. The first-order chi connectivity index (χ1) is 13.8. The smallest absolute Gasteiger partial charge is 0.322 e. The van der Waals surface area contributed by atoms with Crippen molar-refractivity contribution in [3.63, 3.8) is 0 Å². The molecule has 1 heterocycles. The fraction of sp³-hybridized carbons (Fsp3) is 0.273. The van der Waals surface area contributed by atoms with E-state index in [9.17, 15) is 19.2 Å². The van der Waals surface area contributed by atoms with Crippen molar-refractivity contribution in [2.24, 2.45) is 5.92 Å². The standard InChI is InChI=1S/C22H22N2O5/c1-14-2-6-16(7-3-14)17-8-4-15(5-9-17)13-24-11-10-18(25)20(22(24)29)21(28)23-12-19(26)27/h2-9,20H,10-13H2,1H3,(H,23,28)(H,26,27). The summed E-state index contributed by atoms with van der Waals surface area (Å²) >= 11 is 0. The van der Waals surface area contributed by atoms with Gasteiger partial charge in [-0.15, -0.1) is 0 Å². The highest BCUT2D eigenvalue weighted by Gasteiger charge is 2.40. The van der Waals surface area contributed by atoms with Crippen molar-refractivity contribution in [2.75, 3.05) is 13.1 Å². The van der Waals surface area contributed by atoms with Gasteiger partial charge in [0.05, 0.1) is 0 Å². The average Bonchev–Trinajstić information content (AvgIpc) is 2.70. The Hall–Kier alpha value is -3.48. The Bertz CT molecular complexity index is 935. The number of piperidine rings is 1. The van der Waals surface area contributed by atoms with Crippen molar-refractivity contribution in [3.8, 4) is 11.1 Å². The first kappa shape index (κ1) is 20.3. The Kier molecular flexibility index (Phi) is 6.07. The molecule has 1 aliphatic rings. The Morgan fingerprint density at radius 3 is 2.21 bits per heavy atom. The van der Waals surface area contributed by atoms with Crippen LogP contribution in [0, 0.1) is 12.8 Å². The van der Waals surface area contributed by atoms with Crippen molar-refractivity contribution in [3.05, 3.63) is 59.7 Å². The van der Waals surface area contributed by atoms with Crippen molar-refractivity contribution in [2.45, 2.75) is 19.9 Å². The number of hydrogen-bond donors (Lipinski definition) is 2. The molecule has 1 fully saturated rings. The summed E-state index contributed by atoms with van der Waals surface area (Å²) < 4.78 is 0. The van der Waals surface area contributed by atoms with Crippen LogP contribution in [0.15, 0.2) is 48.5 Å². The lowest BCUT2D eigenvalue weighted by Crippen LogP contribution is -2.52. The van der Waals surface area contributed by atoms with E-state index in [1.807, 2.05) is 55.5 Å². The van der Waals surface area contributed by atoms with Crippen LogP contribution in [0.1, 0.15) is 17.5 Å². The van der Waals surface area contributed by atoms with E-state index in [2.05, 4.69) is 5.32 Å². The van der Waals surface area contributed by atoms with E-state index in [-0.39, 0.29) is 19.5 Å². The number of carbonyl (C=O) groups excluding carboxylic acids is 3. The minimum absolute atomic E-state index is 0.0678. The number of likely N-dealkylation sites (tertiary alicyclic amines) is 1. The molecule has 0 radical (unpaired) electrons. The predicted octanol–water partition coefficient (Wildman–Crippen LogP) is 1.78. The summed E-state index contributed by atoms with van der Waals surface area (Å²) in [5, 5.41) is 10.8. The van der Waals surface area contributed by atoms with Crippen LogP contribution < -0.4 is 5.32 Å². The maximum Gasteiger partial charge on any atom is 0.322 e. The molecular formula is C22H22N2O5. The zero-order valence-corrected chi connectivity index (χ0v) is 16.1. The third kappa shape index (κ3) is 4.87. The van der Waals surface area contributed by atoms with Gasteiger partial charge in [0.1, 0.15) is 6.54 Å². The number of aliphatic carboxylic acids is 1. The summed E-state index contributed by atoms with van der Waals surface area (Å²) in [6.07, 6.45) is 0.0678. The van der Waals surface area contributed by atoms with Crippen molar-refractivity contribution in [1.82, 2.24) is 10.2 Å². The summed E-state index contributed by atoms with van der Waals surface area (Å²) in [5.41, 5.74) is 4.22. The first-order valence-electron chi connectivity index (χ1n) is 9.32. The Morgan fingerprint density at radius 2 is 1.62 bits per heavy atom. The van der Waals surface area contributed by atoms with E-state index in [0.29, 0.717) is 0 Å². The third-order valence-electron chi connectivity index (χ3n) is 4.90. The largest absolute Gasteiger partial charge is 0.480 e. The molecule has 3 rings (SSSR count). The fourth-order valence-corrected chi connectivity index (χ4v) is 3.27. The number of aryl methyl sites for hydroxylation is 1. The Balaban J connectivity index is 1.68. The molecule has 1 atom stereocenters. The van der Waals surface area contributed by atoms with Crippen molar-refractivity contribution < 1.29 is 24.3 Å². The SMILES string of the molecule is Cc1ccc(-c2ccc(CN3CCC(=O)C(C(=O)NCC(=O)O)C3=O)cc2)cc1. The highest BCUT2D eigenvalue weighted by atomic mass is 16.4. The van der Waals surface area contributed by atoms with Gasteiger partial charge in [0, 0.05) is 19.5 Å². The second kappa shape index (κ2) is 8.68. The quantitative estimate of drug-likeness (QED) is 0.727. The molecule has 7 nitrogen and oxygen atoms in total. The second-order valence-electron chi connectivity index (χ2n) is 7.08. The summed E-state index contributed by atoms with van der Waals surface area (Å²) in [5.74, 6) is -4.65. The average molecular weight is 394 g/mol. The number of carboxylic acid groups (broad SMARTS) is 1. The zero-order valence-electron chi connectivity index (χ0n) is 16.1. The minimum Gasteiger partial charge on any atom is -0.480 e. The second-order valence-corrected chi connectivity index (χ2v) is 7.08. The van der Waals surface area contributed by atoms with Gasteiger partial charge in [-0.1, -0.05) is 54.1 Å². The first-order valence-corrected chi connectivity index (χ1v) is 9.32. The van der Waals surface area contributed by atoms with Gasteiger partial charge >= 0.3 is 5.97 Å². The van der Waals surface area contributed by atoms with Gasteiger partial charge in [0.2, 0.25) is 11.8 Å². The molecule has 2 aromatic rings. The minimum atomic E-state index is -1.48. The molecule has 1 saturated heterocycles. The van der Waals surface area contributed by atoms with Crippen molar-refractivity contribution >= 4 is 23.6 Å². The molecule has 0 aliphatic carbocycles. The van der Waals surface area contributed by atoms with Gasteiger partial charge in [-0.05, 0) is 23.6 Å². The number of carboxylic acids is 1. The number of rotatable bonds is 6. The molecular weight excluding hydrogens is 372 g/mol. The van der Waals surface area contributed by atoms with Crippen LogP contribution in [-0.2, 0) is 25.7 Å². The van der Waals surface area contributed by atoms with E-state index in [1.165, 1.54) is 10.5 Å². The topological polar surface area (TPSA) is 104 Å². The van der Waals surface area contributed by atoms with Crippen LogP contribution >= 0.6 is 0 Å². The Labute approximate surface area is 168 Å². The van der Waals surface area contributed by atoms with E-state index in [4.69, 9.17) is 5.11 Å². The van der Waals surface area contributed by atoms with E-state index >= 15 is 0 Å². The number of ketones is 1.